The summed E-state index contributed by atoms with van der Waals surface area (Å²) in [4.78, 5) is 47.0. The van der Waals surface area contributed by atoms with E-state index in [1.165, 1.54) is 26.4 Å². The van der Waals surface area contributed by atoms with Crippen LogP contribution in [-0.4, -0.2) is 47.9 Å². The van der Waals surface area contributed by atoms with E-state index in [1.54, 1.807) is 24.3 Å². The van der Waals surface area contributed by atoms with Gasteiger partial charge in [0.1, 0.15) is 11.6 Å². The molecule has 0 amide bonds. The van der Waals surface area contributed by atoms with E-state index in [4.69, 9.17) is 19.3 Å². The first-order valence-corrected chi connectivity index (χ1v) is 10.2. The van der Waals surface area contributed by atoms with E-state index in [9.17, 15) is 24.3 Å². The van der Waals surface area contributed by atoms with Gasteiger partial charge < -0.3 is 24.4 Å². The molecule has 0 aliphatic heterocycles. The molecule has 0 aliphatic carbocycles. The molecule has 0 saturated carbocycles. The summed E-state index contributed by atoms with van der Waals surface area (Å²) in [5.41, 5.74) is 1.21. The topological polar surface area (TPSA) is 136 Å². The zero-order valence-electron chi connectivity index (χ0n) is 18.5. The summed E-state index contributed by atoms with van der Waals surface area (Å²) in [5.74, 6) is -1.52. The zero-order valence-corrected chi connectivity index (χ0v) is 18.5. The quantitative estimate of drug-likeness (QED) is 0.264. The molecule has 0 heterocycles. The third kappa shape index (κ3) is 8.29. The highest BCUT2D eigenvalue weighted by atomic mass is 16.6. The molecule has 0 bridgehead atoms. The van der Waals surface area contributed by atoms with Crippen molar-refractivity contribution >= 4 is 23.5 Å². The van der Waals surface area contributed by atoms with Crippen molar-refractivity contribution < 1.29 is 43.6 Å². The van der Waals surface area contributed by atoms with Crippen LogP contribution in [0.1, 0.15) is 36.8 Å². The molecule has 176 valence electrons. The lowest BCUT2D eigenvalue weighted by Crippen LogP contribution is -2.13. The van der Waals surface area contributed by atoms with Crippen LogP contribution in [0, 0.1) is 0 Å². The second-order valence-corrected chi connectivity index (χ2v) is 7.32. The van der Waals surface area contributed by atoms with Crippen molar-refractivity contribution in [2.24, 2.45) is 0 Å². The highest BCUT2D eigenvalue weighted by Crippen LogP contribution is 2.29. The Balaban J connectivity index is 1.92. The summed E-state index contributed by atoms with van der Waals surface area (Å²) in [6.45, 7) is 0. The summed E-state index contributed by atoms with van der Waals surface area (Å²) in [7, 11) is 2.79. The number of carboxylic acid groups (broad SMARTS) is 1. The standard InChI is InChI=1S/C24H26O9/c1-31-21-12-15(6-8-19(21)27)10-17(25)14-18(26)11-16-7-9-20(22(13-16)32-2)33-24(30)5-3-4-23(28)29/h6-9,12-13,27H,3-5,10-11,14H2,1-2H3,(H,28,29). The minimum absolute atomic E-state index is 0.00611. The largest absolute Gasteiger partial charge is 0.504 e. The molecule has 0 radical (unpaired) electrons. The van der Waals surface area contributed by atoms with Gasteiger partial charge in [-0.15, -0.1) is 0 Å². The lowest BCUT2D eigenvalue weighted by molar-refractivity contribution is -0.138. The number of ketones is 2. The number of methoxy groups -OCH3 is 2. The van der Waals surface area contributed by atoms with Gasteiger partial charge in [0, 0.05) is 25.7 Å². The Labute approximate surface area is 190 Å². The lowest BCUT2D eigenvalue weighted by atomic mass is 10.0. The number of benzene rings is 2. The van der Waals surface area contributed by atoms with Crippen molar-refractivity contribution in [3.63, 3.8) is 0 Å². The summed E-state index contributed by atoms with van der Waals surface area (Å²) < 4.78 is 15.4. The molecule has 0 atom stereocenters. The summed E-state index contributed by atoms with van der Waals surface area (Å²) in [6.07, 6.45) is -0.257. The second kappa shape index (κ2) is 12.2. The van der Waals surface area contributed by atoms with Crippen molar-refractivity contribution in [3.05, 3.63) is 47.5 Å². The number of hydrogen-bond donors (Lipinski definition) is 2. The fourth-order valence-electron chi connectivity index (χ4n) is 3.10. The number of carboxylic acids is 1. The van der Waals surface area contributed by atoms with Crippen molar-refractivity contribution in [1.82, 2.24) is 0 Å². The monoisotopic (exact) mass is 458 g/mol. The molecule has 9 nitrogen and oxygen atoms in total. The predicted octanol–water partition coefficient (Wildman–Crippen LogP) is 2.88. The number of aromatic hydroxyl groups is 1. The SMILES string of the molecule is COc1cc(CC(=O)CC(=O)Cc2ccc(OC(=O)CCCC(=O)O)c(OC)c2)ccc1O. The van der Waals surface area contributed by atoms with Crippen LogP contribution in [0.2, 0.25) is 0 Å². The summed E-state index contributed by atoms with van der Waals surface area (Å²) >= 11 is 0. The number of phenolic OH excluding ortho intramolecular Hbond substituents is 1. The van der Waals surface area contributed by atoms with Gasteiger partial charge in [-0.05, 0) is 41.8 Å². The molecular formula is C24H26O9. The Hall–Kier alpha value is -3.88. The number of ether oxygens (including phenoxy) is 3. The number of hydrogen-bond acceptors (Lipinski definition) is 8. The van der Waals surface area contributed by atoms with Crippen LogP contribution in [0.25, 0.3) is 0 Å². The van der Waals surface area contributed by atoms with Crippen molar-refractivity contribution in [2.75, 3.05) is 14.2 Å². The molecule has 33 heavy (non-hydrogen) atoms. The van der Waals surface area contributed by atoms with Gasteiger partial charge >= 0.3 is 11.9 Å². The van der Waals surface area contributed by atoms with Gasteiger partial charge in [0.05, 0.1) is 20.6 Å². The number of aliphatic carboxylic acids is 1. The van der Waals surface area contributed by atoms with Crippen LogP contribution < -0.4 is 14.2 Å². The first kappa shape index (κ1) is 25.4. The van der Waals surface area contributed by atoms with E-state index in [-0.39, 0.29) is 73.1 Å². The highest BCUT2D eigenvalue weighted by Gasteiger charge is 2.15. The number of carbonyl (C=O) groups excluding carboxylic acids is 3. The number of phenols is 1. The molecule has 2 aromatic rings. The van der Waals surface area contributed by atoms with Gasteiger partial charge in [0.15, 0.2) is 23.0 Å². The van der Waals surface area contributed by atoms with E-state index in [0.29, 0.717) is 11.1 Å². The van der Waals surface area contributed by atoms with Crippen LogP contribution in [0.5, 0.6) is 23.0 Å². The Morgan fingerprint density at radius 2 is 1.36 bits per heavy atom. The summed E-state index contributed by atoms with van der Waals surface area (Å²) in [5, 5.41) is 18.2. The van der Waals surface area contributed by atoms with E-state index < -0.39 is 11.9 Å². The third-order valence-corrected chi connectivity index (χ3v) is 4.66. The molecule has 0 saturated heterocycles. The van der Waals surface area contributed by atoms with Crippen LogP contribution in [-0.2, 0) is 32.0 Å². The van der Waals surface area contributed by atoms with Crippen LogP contribution in [0.4, 0.5) is 0 Å². The smallest absolute Gasteiger partial charge is 0.311 e. The second-order valence-electron chi connectivity index (χ2n) is 7.32. The zero-order chi connectivity index (χ0) is 24.4. The maximum atomic E-state index is 12.4. The minimum Gasteiger partial charge on any atom is -0.504 e. The van der Waals surface area contributed by atoms with Gasteiger partial charge in [-0.2, -0.15) is 0 Å². The molecule has 0 fully saturated rings. The molecule has 0 aliphatic rings. The van der Waals surface area contributed by atoms with Crippen LogP contribution in [0.15, 0.2) is 36.4 Å². The Morgan fingerprint density at radius 3 is 1.94 bits per heavy atom. The maximum Gasteiger partial charge on any atom is 0.311 e. The first-order valence-electron chi connectivity index (χ1n) is 10.2. The van der Waals surface area contributed by atoms with E-state index in [2.05, 4.69) is 0 Å². The molecule has 2 aromatic carbocycles. The molecule has 0 aromatic heterocycles. The molecule has 9 heteroatoms. The number of esters is 1. The van der Waals surface area contributed by atoms with Crippen LogP contribution >= 0.6 is 0 Å². The molecule has 0 spiro atoms. The average molecular weight is 458 g/mol. The van der Waals surface area contributed by atoms with Crippen molar-refractivity contribution in [2.45, 2.75) is 38.5 Å². The fraction of sp³-hybridized carbons (Fsp3) is 0.333. The molecule has 2 N–H and O–H groups in total. The number of Topliss-reactive ketones (excluding diaryl/α,β-unsaturated/α-hetero) is 2. The predicted molar refractivity (Wildman–Crippen MR) is 117 cm³/mol. The van der Waals surface area contributed by atoms with Gasteiger partial charge in [0.25, 0.3) is 0 Å². The first-order chi connectivity index (χ1) is 15.7. The van der Waals surface area contributed by atoms with Gasteiger partial charge in [0.2, 0.25) is 0 Å². The van der Waals surface area contributed by atoms with E-state index in [0.717, 1.165) is 0 Å². The molecule has 0 unspecified atom stereocenters. The van der Waals surface area contributed by atoms with Gasteiger partial charge in [-0.25, -0.2) is 0 Å². The summed E-state index contributed by atoms with van der Waals surface area (Å²) in [6, 6.07) is 9.19. The minimum atomic E-state index is -0.990. The molecular weight excluding hydrogens is 432 g/mol. The van der Waals surface area contributed by atoms with Gasteiger partial charge in [-0.3, -0.25) is 19.2 Å². The normalized spacial score (nSPS) is 10.4. The van der Waals surface area contributed by atoms with Gasteiger partial charge in [-0.1, -0.05) is 12.1 Å². The number of rotatable bonds is 13. The van der Waals surface area contributed by atoms with E-state index >= 15 is 0 Å². The highest BCUT2D eigenvalue weighted by molar-refractivity contribution is 6.00. The third-order valence-electron chi connectivity index (χ3n) is 4.66. The van der Waals surface area contributed by atoms with E-state index in [1.807, 2.05) is 0 Å². The maximum absolute atomic E-state index is 12.4. The molecule has 2 rings (SSSR count). The Morgan fingerprint density at radius 1 is 0.788 bits per heavy atom. The number of carbonyl (C=O) groups is 4. The Kier molecular flexibility index (Phi) is 9.41. The van der Waals surface area contributed by atoms with Crippen molar-refractivity contribution in [3.8, 4) is 23.0 Å². The lowest BCUT2D eigenvalue weighted by Gasteiger charge is -2.11. The van der Waals surface area contributed by atoms with Crippen LogP contribution in [0.3, 0.4) is 0 Å². The average Bonchev–Trinajstić information content (AvgIpc) is 2.75. The Bertz CT molecular complexity index is 1030. The van der Waals surface area contributed by atoms with Crippen molar-refractivity contribution in [1.29, 1.82) is 0 Å². The fourth-order valence-corrected chi connectivity index (χ4v) is 3.10.